The van der Waals surface area contributed by atoms with E-state index in [2.05, 4.69) is 10.2 Å². The maximum absolute atomic E-state index is 13.8. The molecule has 132 valence electrons. The molecule has 2 aromatic carbocycles. The zero-order chi connectivity index (χ0) is 17.8. The van der Waals surface area contributed by atoms with Gasteiger partial charge in [0.25, 0.3) is 0 Å². The lowest BCUT2D eigenvalue weighted by atomic mass is 9.95. The first-order valence-electron chi connectivity index (χ1n) is 8.55. The van der Waals surface area contributed by atoms with Crippen molar-refractivity contribution in [3.8, 4) is 0 Å². The fourth-order valence-electron chi connectivity index (χ4n) is 3.14. The van der Waals surface area contributed by atoms with Crippen LogP contribution in [0.2, 0.25) is 5.02 Å². The minimum atomic E-state index is -0.168. The number of hydrogen-bond donors (Lipinski definition) is 1. The van der Waals surface area contributed by atoms with Crippen LogP contribution in [-0.4, -0.2) is 23.9 Å². The van der Waals surface area contributed by atoms with Crippen LogP contribution < -0.4 is 5.32 Å². The second kappa shape index (κ2) is 7.98. The Balaban J connectivity index is 1.52. The van der Waals surface area contributed by atoms with Gasteiger partial charge in [0.05, 0.1) is 0 Å². The summed E-state index contributed by atoms with van der Waals surface area (Å²) in [5, 5.41) is 3.60. The lowest BCUT2D eigenvalue weighted by Gasteiger charge is -2.31. The molecule has 0 bridgehead atoms. The van der Waals surface area contributed by atoms with Gasteiger partial charge in [0, 0.05) is 28.7 Å². The Morgan fingerprint density at radius 1 is 1.24 bits per heavy atom. The lowest BCUT2D eigenvalue weighted by molar-refractivity contribution is -0.121. The van der Waals surface area contributed by atoms with Crippen molar-refractivity contribution in [2.24, 2.45) is 5.92 Å². The van der Waals surface area contributed by atoms with Crippen LogP contribution in [0.3, 0.4) is 0 Å². The van der Waals surface area contributed by atoms with E-state index < -0.39 is 0 Å². The van der Waals surface area contributed by atoms with Gasteiger partial charge in [-0.15, -0.1) is 0 Å². The van der Waals surface area contributed by atoms with Gasteiger partial charge < -0.3 is 5.32 Å². The predicted molar refractivity (Wildman–Crippen MR) is 99.2 cm³/mol. The van der Waals surface area contributed by atoms with Crippen molar-refractivity contribution in [2.45, 2.75) is 26.3 Å². The number of aryl methyl sites for hydroxylation is 1. The third kappa shape index (κ3) is 4.59. The Morgan fingerprint density at radius 2 is 1.96 bits per heavy atom. The Labute approximate surface area is 152 Å². The molecule has 1 amide bonds. The van der Waals surface area contributed by atoms with Crippen LogP contribution in [0, 0.1) is 18.7 Å². The van der Waals surface area contributed by atoms with Gasteiger partial charge in [0.1, 0.15) is 5.82 Å². The molecule has 0 spiro atoms. The minimum Gasteiger partial charge on any atom is -0.326 e. The number of amides is 1. The molecule has 25 heavy (non-hydrogen) atoms. The number of halogens is 2. The maximum Gasteiger partial charge on any atom is 0.227 e. The van der Waals surface area contributed by atoms with E-state index in [0.717, 1.165) is 37.2 Å². The highest BCUT2D eigenvalue weighted by atomic mass is 35.5. The van der Waals surface area contributed by atoms with Crippen molar-refractivity contribution in [3.63, 3.8) is 0 Å². The summed E-state index contributed by atoms with van der Waals surface area (Å²) in [6.07, 6.45) is 1.56. The van der Waals surface area contributed by atoms with E-state index in [-0.39, 0.29) is 17.6 Å². The number of carbonyl (C=O) groups excluding carboxylic acids is 1. The number of nitrogens with one attached hydrogen (secondary N) is 1. The summed E-state index contributed by atoms with van der Waals surface area (Å²) in [6.45, 7) is 4.11. The molecule has 0 saturated carbocycles. The van der Waals surface area contributed by atoms with E-state index in [0.29, 0.717) is 17.1 Å². The number of rotatable bonds is 4. The number of benzene rings is 2. The molecule has 5 heteroatoms. The molecule has 0 radical (unpaired) electrons. The third-order valence-electron chi connectivity index (χ3n) is 4.75. The van der Waals surface area contributed by atoms with E-state index in [1.807, 2.05) is 31.2 Å². The molecular formula is C20H22ClFN2O. The molecular weight excluding hydrogens is 339 g/mol. The van der Waals surface area contributed by atoms with Gasteiger partial charge in [-0.1, -0.05) is 35.9 Å². The van der Waals surface area contributed by atoms with Gasteiger partial charge in [-0.25, -0.2) is 4.39 Å². The number of piperidine rings is 1. The van der Waals surface area contributed by atoms with E-state index in [1.54, 1.807) is 12.1 Å². The molecule has 1 N–H and O–H groups in total. The van der Waals surface area contributed by atoms with Crippen molar-refractivity contribution in [1.82, 2.24) is 4.90 Å². The molecule has 0 aliphatic carbocycles. The SMILES string of the molecule is Cc1ccc(NC(=O)C2CCN(Cc3ccccc3F)CC2)cc1Cl. The van der Waals surface area contributed by atoms with Gasteiger partial charge in [-0.2, -0.15) is 0 Å². The molecule has 3 rings (SSSR count). The van der Waals surface area contributed by atoms with Crippen molar-refractivity contribution in [2.75, 3.05) is 18.4 Å². The zero-order valence-electron chi connectivity index (χ0n) is 14.3. The summed E-state index contributed by atoms with van der Waals surface area (Å²) in [7, 11) is 0. The van der Waals surface area contributed by atoms with Crippen LogP contribution in [-0.2, 0) is 11.3 Å². The molecule has 0 unspecified atom stereocenters. The standard InChI is InChI=1S/C20H22ClFN2O/c1-14-6-7-17(12-18(14)21)23-20(25)15-8-10-24(11-9-15)13-16-4-2-3-5-19(16)22/h2-7,12,15H,8-11,13H2,1H3,(H,23,25). The molecule has 1 aliphatic rings. The fourth-order valence-corrected chi connectivity index (χ4v) is 3.32. The van der Waals surface area contributed by atoms with Crippen LogP contribution in [0.15, 0.2) is 42.5 Å². The lowest BCUT2D eigenvalue weighted by Crippen LogP contribution is -2.37. The van der Waals surface area contributed by atoms with Gasteiger partial charge in [0.2, 0.25) is 5.91 Å². The number of carbonyl (C=O) groups is 1. The third-order valence-corrected chi connectivity index (χ3v) is 5.16. The Hall–Kier alpha value is -1.91. The highest BCUT2D eigenvalue weighted by molar-refractivity contribution is 6.31. The summed E-state index contributed by atoms with van der Waals surface area (Å²) in [4.78, 5) is 14.6. The Morgan fingerprint density at radius 3 is 2.64 bits per heavy atom. The molecule has 0 aromatic heterocycles. The van der Waals surface area contributed by atoms with E-state index >= 15 is 0 Å². The monoisotopic (exact) mass is 360 g/mol. The highest BCUT2D eigenvalue weighted by Crippen LogP contribution is 2.24. The Kier molecular flexibility index (Phi) is 5.71. The normalized spacial score (nSPS) is 16.0. The van der Waals surface area contributed by atoms with Gasteiger partial charge >= 0.3 is 0 Å². The van der Waals surface area contributed by atoms with Crippen molar-refractivity contribution in [3.05, 3.63) is 64.4 Å². The molecule has 3 nitrogen and oxygen atoms in total. The molecule has 1 aliphatic heterocycles. The summed E-state index contributed by atoms with van der Waals surface area (Å²) in [5.41, 5.74) is 2.43. The molecule has 2 aromatic rings. The van der Waals surface area contributed by atoms with E-state index in [9.17, 15) is 9.18 Å². The number of nitrogens with zero attached hydrogens (tertiary/aromatic N) is 1. The summed E-state index contributed by atoms with van der Waals surface area (Å²) in [6, 6.07) is 12.4. The van der Waals surface area contributed by atoms with Crippen molar-refractivity contribution >= 4 is 23.2 Å². The van der Waals surface area contributed by atoms with Crippen LogP contribution in [0.25, 0.3) is 0 Å². The smallest absolute Gasteiger partial charge is 0.227 e. The second-order valence-corrected chi connectivity index (χ2v) is 7.00. The van der Waals surface area contributed by atoms with E-state index in [1.165, 1.54) is 6.07 Å². The Bertz CT molecular complexity index is 757. The number of hydrogen-bond acceptors (Lipinski definition) is 2. The number of likely N-dealkylation sites (tertiary alicyclic amines) is 1. The molecule has 1 heterocycles. The van der Waals surface area contributed by atoms with Gasteiger partial charge in [-0.05, 0) is 56.6 Å². The van der Waals surface area contributed by atoms with Crippen molar-refractivity contribution in [1.29, 1.82) is 0 Å². The predicted octanol–water partition coefficient (Wildman–Crippen LogP) is 4.64. The van der Waals surface area contributed by atoms with E-state index in [4.69, 9.17) is 11.6 Å². The molecule has 1 saturated heterocycles. The highest BCUT2D eigenvalue weighted by Gasteiger charge is 2.25. The number of anilines is 1. The molecule has 1 fully saturated rings. The van der Waals surface area contributed by atoms with Crippen molar-refractivity contribution < 1.29 is 9.18 Å². The first-order valence-corrected chi connectivity index (χ1v) is 8.93. The minimum absolute atomic E-state index is 0.0167. The van der Waals surface area contributed by atoms with Crippen LogP contribution in [0.4, 0.5) is 10.1 Å². The maximum atomic E-state index is 13.8. The average Bonchev–Trinajstić information content (AvgIpc) is 2.61. The van der Waals surface area contributed by atoms with Crippen LogP contribution >= 0.6 is 11.6 Å². The summed E-state index contributed by atoms with van der Waals surface area (Å²) in [5.74, 6) is -0.152. The first-order chi connectivity index (χ1) is 12.0. The van der Waals surface area contributed by atoms with Crippen LogP contribution in [0.1, 0.15) is 24.0 Å². The first kappa shape index (κ1) is 17.9. The van der Waals surface area contributed by atoms with Gasteiger partial charge in [0.15, 0.2) is 0 Å². The average molecular weight is 361 g/mol. The fraction of sp³-hybridized carbons (Fsp3) is 0.350. The summed E-state index contributed by atoms with van der Waals surface area (Å²) < 4.78 is 13.8. The van der Waals surface area contributed by atoms with Crippen LogP contribution in [0.5, 0.6) is 0 Å². The van der Waals surface area contributed by atoms with Gasteiger partial charge in [-0.3, -0.25) is 9.69 Å². The largest absolute Gasteiger partial charge is 0.326 e. The quantitative estimate of drug-likeness (QED) is 0.861. The zero-order valence-corrected chi connectivity index (χ0v) is 15.0. The molecule has 0 atom stereocenters. The second-order valence-electron chi connectivity index (χ2n) is 6.60. The summed E-state index contributed by atoms with van der Waals surface area (Å²) >= 11 is 6.10. The topological polar surface area (TPSA) is 32.3 Å².